The average molecular weight is 361 g/mol. The van der Waals surface area contributed by atoms with Crippen LogP contribution in [0.1, 0.15) is 12.8 Å². The molecule has 2 aromatic heterocycles. The first-order valence-corrected chi connectivity index (χ1v) is 8.43. The fourth-order valence-electron chi connectivity index (χ4n) is 4.57. The highest BCUT2D eigenvalue weighted by Crippen LogP contribution is 2.42. The van der Waals surface area contributed by atoms with Crippen molar-refractivity contribution in [1.82, 2.24) is 19.4 Å². The molecule has 0 radical (unpaired) electrons. The van der Waals surface area contributed by atoms with E-state index in [9.17, 15) is 19.1 Å². The number of halogens is 1. The number of aryl methyl sites for hydroxylation is 1. The van der Waals surface area contributed by atoms with Crippen LogP contribution in [0.3, 0.4) is 0 Å². The van der Waals surface area contributed by atoms with Crippen molar-refractivity contribution >= 4 is 22.8 Å². The third-order valence-electron chi connectivity index (χ3n) is 5.70. The number of carbonyl (C=O) groups is 1. The summed E-state index contributed by atoms with van der Waals surface area (Å²) in [7, 11) is 1.45. The number of fused-ring (bicyclic) bond motifs is 5. The van der Waals surface area contributed by atoms with Crippen molar-refractivity contribution in [3.05, 3.63) is 22.5 Å². The lowest BCUT2D eigenvalue weighted by atomic mass is 10.0. The minimum absolute atomic E-state index is 0.0960. The van der Waals surface area contributed by atoms with E-state index in [1.807, 2.05) is 4.90 Å². The van der Waals surface area contributed by atoms with E-state index in [1.54, 1.807) is 0 Å². The first kappa shape index (κ1) is 15.4. The quantitative estimate of drug-likeness (QED) is 0.732. The zero-order chi connectivity index (χ0) is 18.2. The first-order chi connectivity index (χ1) is 12.5. The molecule has 26 heavy (non-hydrogen) atoms. The number of anilines is 1. The molecule has 2 aromatic rings. The third kappa shape index (κ3) is 1.84. The molecule has 9 nitrogen and oxygen atoms in total. The molecule has 0 saturated carbocycles. The van der Waals surface area contributed by atoms with Crippen LogP contribution in [0.4, 0.5) is 15.0 Å². The lowest BCUT2D eigenvalue weighted by molar-refractivity contribution is 0.0908. The van der Waals surface area contributed by atoms with E-state index in [0.717, 1.165) is 17.2 Å². The molecule has 3 aliphatic rings. The second-order valence-corrected chi connectivity index (χ2v) is 6.93. The van der Waals surface area contributed by atoms with Crippen LogP contribution in [0.15, 0.2) is 11.0 Å². The summed E-state index contributed by atoms with van der Waals surface area (Å²) >= 11 is 0. The van der Waals surface area contributed by atoms with Gasteiger partial charge >= 0.3 is 11.8 Å². The van der Waals surface area contributed by atoms with Crippen molar-refractivity contribution < 1.29 is 19.0 Å². The van der Waals surface area contributed by atoms with Crippen LogP contribution < -0.4 is 15.3 Å². The summed E-state index contributed by atoms with van der Waals surface area (Å²) in [6, 6.07) is -0.742. The Hall–Kier alpha value is -2.91. The SMILES string of the molecule is Cn1c(=O)nc2c3c(ncc(F)c31)OCC1C3CCC(CN21)N3C(=O)O. The summed E-state index contributed by atoms with van der Waals surface area (Å²) in [5.41, 5.74) is -0.476. The smallest absolute Gasteiger partial charge is 0.407 e. The van der Waals surface area contributed by atoms with Crippen LogP contribution in [0, 0.1) is 5.82 Å². The Kier molecular flexibility index (Phi) is 2.98. The van der Waals surface area contributed by atoms with Crippen molar-refractivity contribution in [1.29, 1.82) is 0 Å². The van der Waals surface area contributed by atoms with Gasteiger partial charge in [-0.15, -0.1) is 0 Å². The Morgan fingerprint density at radius 3 is 2.96 bits per heavy atom. The fraction of sp³-hybridized carbons (Fsp3) is 0.500. The Morgan fingerprint density at radius 1 is 1.38 bits per heavy atom. The third-order valence-corrected chi connectivity index (χ3v) is 5.70. The maximum Gasteiger partial charge on any atom is 0.407 e. The Morgan fingerprint density at radius 2 is 2.19 bits per heavy atom. The molecule has 2 saturated heterocycles. The largest absolute Gasteiger partial charge is 0.475 e. The molecule has 10 heteroatoms. The molecule has 0 spiro atoms. The first-order valence-electron chi connectivity index (χ1n) is 8.43. The minimum Gasteiger partial charge on any atom is -0.475 e. The van der Waals surface area contributed by atoms with Crippen LogP contribution in [0.2, 0.25) is 0 Å². The summed E-state index contributed by atoms with van der Waals surface area (Å²) in [5.74, 6) is -0.0811. The summed E-state index contributed by atoms with van der Waals surface area (Å²) < 4.78 is 21.4. The van der Waals surface area contributed by atoms with Gasteiger partial charge in [-0.1, -0.05) is 0 Å². The standard InChI is InChI=1S/C16H16FN5O4/c1-20-12-8(17)4-18-14-11(12)13(19-15(20)23)21-5-7-2-3-9(10(21)6-26-14)22(7)16(24)25/h4,7,9-10H,2-3,5-6H2,1H3,(H,24,25). The molecule has 5 heterocycles. The summed E-state index contributed by atoms with van der Waals surface area (Å²) in [6.07, 6.45) is 1.53. The van der Waals surface area contributed by atoms with E-state index in [4.69, 9.17) is 4.74 Å². The maximum atomic E-state index is 14.4. The lowest BCUT2D eigenvalue weighted by Crippen LogP contribution is -2.63. The minimum atomic E-state index is -0.954. The Bertz CT molecular complexity index is 1010. The van der Waals surface area contributed by atoms with Gasteiger partial charge < -0.3 is 14.7 Å². The van der Waals surface area contributed by atoms with Gasteiger partial charge in [0.1, 0.15) is 17.8 Å². The second kappa shape index (κ2) is 5.05. The van der Waals surface area contributed by atoms with E-state index in [-0.39, 0.29) is 36.1 Å². The van der Waals surface area contributed by atoms with Crippen LogP contribution in [-0.4, -0.2) is 61.9 Å². The van der Waals surface area contributed by atoms with Crippen molar-refractivity contribution in [2.45, 2.75) is 31.0 Å². The zero-order valence-corrected chi connectivity index (χ0v) is 13.9. The molecule has 3 aliphatic heterocycles. The second-order valence-electron chi connectivity index (χ2n) is 6.93. The summed E-state index contributed by atoms with van der Waals surface area (Å²) in [6.45, 7) is 0.589. The van der Waals surface area contributed by atoms with Crippen molar-refractivity contribution in [3.63, 3.8) is 0 Å². The summed E-state index contributed by atoms with van der Waals surface area (Å²) in [4.78, 5) is 35.6. The predicted molar refractivity (Wildman–Crippen MR) is 88.0 cm³/mol. The van der Waals surface area contributed by atoms with Gasteiger partial charge in [-0.05, 0) is 12.8 Å². The number of amides is 1. The fourth-order valence-corrected chi connectivity index (χ4v) is 4.57. The van der Waals surface area contributed by atoms with Gasteiger partial charge in [0.25, 0.3) is 0 Å². The van der Waals surface area contributed by atoms with Gasteiger partial charge in [-0.3, -0.25) is 9.47 Å². The topological polar surface area (TPSA) is 101 Å². The van der Waals surface area contributed by atoms with Crippen molar-refractivity contribution in [2.24, 2.45) is 7.05 Å². The number of carboxylic acid groups (broad SMARTS) is 1. The van der Waals surface area contributed by atoms with Crippen LogP contribution >= 0.6 is 0 Å². The predicted octanol–water partition coefficient (Wildman–Crippen LogP) is 0.560. The van der Waals surface area contributed by atoms with Gasteiger partial charge in [-0.2, -0.15) is 4.98 Å². The Labute approximate surface area is 146 Å². The Balaban J connectivity index is 1.75. The molecule has 2 bridgehead atoms. The van der Waals surface area contributed by atoms with Gasteiger partial charge in [-0.25, -0.2) is 19.0 Å². The van der Waals surface area contributed by atoms with E-state index >= 15 is 0 Å². The highest BCUT2D eigenvalue weighted by atomic mass is 19.1. The van der Waals surface area contributed by atoms with Gasteiger partial charge in [0.2, 0.25) is 5.88 Å². The van der Waals surface area contributed by atoms with Gasteiger partial charge in [0.05, 0.1) is 29.8 Å². The number of hydrogen-bond donors (Lipinski definition) is 1. The maximum absolute atomic E-state index is 14.4. The molecule has 1 N–H and O–H groups in total. The highest BCUT2D eigenvalue weighted by molar-refractivity contribution is 5.95. The normalized spacial score (nSPS) is 26.5. The number of pyridine rings is 1. The van der Waals surface area contributed by atoms with E-state index in [2.05, 4.69) is 9.97 Å². The number of aromatic nitrogens is 3. The molecule has 0 aliphatic carbocycles. The van der Waals surface area contributed by atoms with Crippen LogP contribution in [0.5, 0.6) is 5.88 Å². The molecule has 2 fully saturated rings. The molecule has 3 unspecified atom stereocenters. The molecule has 0 aromatic carbocycles. The molecule has 3 atom stereocenters. The van der Waals surface area contributed by atoms with Crippen LogP contribution in [-0.2, 0) is 7.05 Å². The number of ether oxygens (including phenoxy) is 1. The van der Waals surface area contributed by atoms with Gasteiger partial charge in [0, 0.05) is 13.6 Å². The lowest BCUT2D eigenvalue weighted by Gasteiger charge is -2.45. The number of piperazine rings is 1. The molecular formula is C16H16FN5O4. The molecule has 5 rings (SSSR count). The number of nitrogens with zero attached hydrogens (tertiary/aromatic N) is 5. The van der Waals surface area contributed by atoms with E-state index in [0.29, 0.717) is 24.2 Å². The van der Waals surface area contributed by atoms with Crippen LogP contribution in [0.25, 0.3) is 10.9 Å². The van der Waals surface area contributed by atoms with Crippen molar-refractivity contribution in [2.75, 3.05) is 18.1 Å². The summed E-state index contributed by atoms with van der Waals surface area (Å²) in [5, 5.41) is 9.92. The van der Waals surface area contributed by atoms with Gasteiger partial charge in [0.15, 0.2) is 5.82 Å². The van der Waals surface area contributed by atoms with E-state index < -0.39 is 17.6 Å². The zero-order valence-electron chi connectivity index (χ0n) is 13.9. The number of rotatable bonds is 0. The van der Waals surface area contributed by atoms with E-state index in [1.165, 1.54) is 11.9 Å². The number of hydrogen-bond acceptors (Lipinski definition) is 6. The van der Waals surface area contributed by atoms with Crippen molar-refractivity contribution in [3.8, 4) is 5.88 Å². The monoisotopic (exact) mass is 361 g/mol. The molecule has 1 amide bonds. The highest BCUT2D eigenvalue weighted by Gasteiger charge is 2.50. The molecule has 136 valence electrons. The molecular weight excluding hydrogens is 345 g/mol. The average Bonchev–Trinajstić information content (AvgIpc) is 2.85.